The van der Waals surface area contributed by atoms with Gasteiger partial charge in [-0.25, -0.2) is 9.59 Å². The summed E-state index contributed by atoms with van der Waals surface area (Å²) in [4.78, 5) is 20.5. The van der Waals surface area contributed by atoms with Gasteiger partial charge in [0, 0.05) is 0 Å². The Labute approximate surface area is 134 Å². The fourth-order valence-electron chi connectivity index (χ4n) is 1.31. The molecule has 115 valence electrons. The predicted octanol–water partition coefficient (Wildman–Crippen LogP) is 2.06. The van der Waals surface area contributed by atoms with Crippen molar-refractivity contribution in [3.63, 3.8) is 0 Å². The fourth-order valence-corrected chi connectivity index (χ4v) is 1.31. The van der Waals surface area contributed by atoms with Crippen molar-refractivity contribution in [1.29, 1.82) is 0 Å². The third kappa shape index (κ3) is 6.21. The van der Waals surface area contributed by atoms with Crippen LogP contribution in [-0.4, -0.2) is 32.4 Å². The first-order chi connectivity index (χ1) is 10.4. The van der Waals surface area contributed by atoms with Gasteiger partial charge in [0.15, 0.2) is 0 Å². The summed E-state index contributed by atoms with van der Waals surface area (Å²) in [5, 5.41) is 34.6. The van der Waals surface area contributed by atoms with Crippen molar-refractivity contribution in [1.82, 2.24) is 0 Å². The van der Waals surface area contributed by atoms with Crippen LogP contribution in [0, 0.1) is 0 Å². The zero-order valence-electron chi connectivity index (χ0n) is 11.1. The molecule has 7 nitrogen and oxygen atoms in total. The van der Waals surface area contributed by atoms with Crippen molar-refractivity contribution in [2.24, 2.45) is 0 Å². The fraction of sp³-hybridized carbons (Fsp3) is 0. The molecule has 2 aromatic rings. The van der Waals surface area contributed by atoms with E-state index in [1.54, 1.807) is 24.3 Å². The van der Waals surface area contributed by atoms with Crippen LogP contribution in [0.4, 0.5) is 0 Å². The number of para-hydroxylation sites is 2. The summed E-state index contributed by atoms with van der Waals surface area (Å²) in [5.41, 5.74) is -0.134. The second kappa shape index (κ2) is 10.1. The zero-order valence-corrected chi connectivity index (χ0v) is 12.5. The number of aromatic carboxylic acids is 2. The van der Waals surface area contributed by atoms with Gasteiger partial charge in [0.1, 0.15) is 22.6 Å². The molecule has 0 aromatic heterocycles. The van der Waals surface area contributed by atoms with Crippen molar-refractivity contribution in [3.8, 4) is 11.5 Å². The first kappa shape index (κ1) is 19.4. The summed E-state index contributed by atoms with van der Waals surface area (Å²) in [6.45, 7) is 0. The number of rotatable bonds is 2. The minimum absolute atomic E-state index is 0.0671. The van der Waals surface area contributed by atoms with Gasteiger partial charge in [0.2, 0.25) is 0 Å². The maximum absolute atomic E-state index is 10.3. The number of benzene rings is 2. The number of hydrogen-bond donors (Lipinski definition) is 4. The molecule has 0 bridgehead atoms. The van der Waals surface area contributed by atoms with E-state index >= 15 is 0 Å². The molecule has 2 rings (SSSR count). The Morgan fingerprint density at radius 3 is 1.14 bits per heavy atom. The van der Waals surface area contributed by atoms with Crippen molar-refractivity contribution >= 4 is 11.9 Å². The van der Waals surface area contributed by atoms with Gasteiger partial charge in [-0.05, 0) is 24.3 Å². The van der Waals surface area contributed by atoms with E-state index in [1.165, 1.54) is 24.3 Å². The average molecular weight is 343 g/mol. The Morgan fingerprint density at radius 1 is 0.682 bits per heavy atom. The van der Waals surface area contributed by atoms with Crippen molar-refractivity contribution in [2.45, 2.75) is 0 Å². The second-order valence-corrected chi connectivity index (χ2v) is 3.64. The Hall–Kier alpha value is -2.64. The molecule has 0 radical (unpaired) electrons. The number of carboxylic acids is 2. The van der Waals surface area contributed by atoms with Crippen LogP contribution in [-0.2, 0) is 21.0 Å². The second-order valence-electron chi connectivity index (χ2n) is 3.64. The molecule has 2 aromatic carbocycles. The summed E-state index contributed by atoms with van der Waals surface area (Å²) in [6.07, 6.45) is 0. The van der Waals surface area contributed by atoms with Gasteiger partial charge in [-0.3, -0.25) is 0 Å². The molecule has 0 heterocycles. The third-order valence-electron chi connectivity index (χ3n) is 2.27. The molecule has 0 unspecified atom stereocenters. The van der Waals surface area contributed by atoms with Gasteiger partial charge >= 0.3 is 33.0 Å². The summed E-state index contributed by atoms with van der Waals surface area (Å²) < 4.78 is 8.19. The van der Waals surface area contributed by atoms with E-state index in [2.05, 4.69) is 0 Å². The number of hydrogen-bond acceptors (Lipinski definition) is 5. The SMILES string of the molecule is O=C(O)c1ccccc1O.O=C(O)c1ccccc1O.[O]=[V]. The van der Waals surface area contributed by atoms with Crippen molar-refractivity contribution < 1.29 is 51.1 Å². The average Bonchev–Trinajstić information content (AvgIpc) is 2.50. The number of carbonyl (C=O) groups is 2. The predicted molar refractivity (Wildman–Crippen MR) is 70.8 cm³/mol. The molecular weight excluding hydrogens is 331 g/mol. The molecular formula is C14H12O7V. The first-order valence-corrected chi connectivity index (χ1v) is 6.21. The van der Waals surface area contributed by atoms with Crippen LogP contribution in [0.1, 0.15) is 20.7 Å². The molecule has 8 heteroatoms. The molecule has 0 saturated carbocycles. The first-order valence-electron chi connectivity index (χ1n) is 5.64. The molecule has 0 aliphatic rings. The topological polar surface area (TPSA) is 132 Å². The third-order valence-corrected chi connectivity index (χ3v) is 2.27. The quantitative estimate of drug-likeness (QED) is 0.656. The zero-order chi connectivity index (χ0) is 17.1. The van der Waals surface area contributed by atoms with Gasteiger partial charge in [-0.1, -0.05) is 24.3 Å². The van der Waals surface area contributed by atoms with Crippen LogP contribution in [0.2, 0.25) is 0 Å². The van der Waals surface area contributed by atoms with Crippen LogP contribution in [0.3, 0.4) is 0 Å². The minimum atomic E-state index is -1.11. The molecule has 0 fully saturated rings. The Bertz CT molecular complexity index is 587. The van der Waals surface area contributed by atoms with Crippen molar-refractivity contribution in [3.05, 3.63) is 59.7 Å². The molecule has 0 spiro atoms. The van der Waals surface area contributed by atoms with Crippen molar-refractivity contribution in [2.75, 3.05) is 0 Å². The number of aromatic hydroxyl groups is 2. The summed E-state index contributed by atoms with van der Waals surface area (Å²) in [7, 11) is 0. The van der Waals surface area contributed by atoms with E-state index in [0.29, 0.717) is 0 Å². The normalized spacial score (nSPS) is 8.50. The van der Waals surface area contributed by atoms with Crippen LogP contribution < -0.4 is 0 Å². The van der Waals surface area contributed by atoms with Crippen LogP contribution in [0.25, 0.3) is 0 Å². The molecule has 0 atom stereocenters. The van der Waals surface area contributed by atoms with E-state index in [1.807, 2.05) is 0 Å². The van der Waals surface area contributed by atoms with Gasteiger partial charge in [0.25, 0.3) is 0 Å². The van der Waals surface area contributed by atoms with E-state index in [-0.39, 0.29) is 22.6 Å². The van der Waals surface area contributed by atoms with Gasteiger partial charge in [0.05, 0.1) is 0 Å². The van der Waals surface area contributed by atoms with Gasteiger partial charge in [-0.15, -0.1) is 0 Å². The molecule has 22 heavy (non-hydrogen) atoms. The molecule has 0 saturated heterocycles. The van der Waals surface area contributed by atoms with Gasteiger partial charge < -0.3 is 20.4 Å². The standard InChI is InChI=1S/2C7H6O3.O.V/c2*8-6-4-2-1-3-5(6)7(9)10;;/h2*1-4,8H,(H,9,10);;. The Kier molecular flexibility index (Phi) is 8.93. The molecule has 0 amide bonds. The maximum atomic E-state index is 10.3. The van der Waals surface area contributed by atoms with E-state index < -0.39 is 11.9 Å². The summed E-state index contributed by atoms with van der Waals surface area (Å²) in [5.74, 6) is -2.62. The van der Waals surface area contributed by atoms with Crippen LogP contribution in [0.15, 0.2) is 48.5 Å². The molecule has 0 aliphatic carbocycles. The summed E-state index contributed by atoms with van der Waals surface area (Å²) in [6, 6.07) is 11.6. The molecule has 4 N–H and O–H groups in total. The Morgan fingerprint density at radius 2 is 0.955 bits per heavy atom. The van der Waals surface area contributed by atoms with Crippen LogP contribution >= 0.6 is 0 Å². The Balaban J connectivity index is 0.000000360. The summed E-state index contributed by atoms with van der Waals surface area (Å²) >= 11 is 1.06. The van der Waals surface area contributed by atoms with Gasteiger partial charge in [-0.2, -0.15) is 0 Å². The monoisotopic (exact) mass is 343 g/mol. The van der Waals surface area contributed by atoms with E-state index in [9.17, 15) is 9.59 Å². The number of carboxylic acid groups (broad SMARTS) is 2. The molecule has 0 aliphatic heterocycles. The van der Waals surface area contributed by atoms with E-state index in [0.717, 1.165) is 17.4 Å². The number of phenols is 2. The van der Waals surface area contributed by atoms with E-state index in [4.69, 9.17) is 24.1 Å². The van der Waals surface area contributed by atoms with Crippen LogP contribution in [0.5, 0.6) is 11.5 Å².